The third-order valence-corrected chi connectivity index (χ3v) is 2.83. The average Bonchev–Trinajstić information content (AvgIpc) is 2.51. The maximum atomic E-state index is 11.9. The van der Waals surface area contributed by atoms with Gasteiger partial charge in [0.15, 0.2) is 11.5 Å². The van der Waals surface area contributed by atoms with Crippen molar-refractivity contribution >= 4 is 23.7 Å². The second-order valence-corrected chi connectivity index (χ2v) is 4.23. The summed E-state index contributed by atoms with van der Waals surface area (Å²) in [6, 6.07) is 2.82. The SMILES string of the molecule is COc1cc(NC(=O)C/C(C=N)=C/N)c(C(N)=O)cc1OC. The number of hydrogen-bond donors (Lipinski definition) is 4. The Balaban J connectivity index is 3.14. The van der Waals surface area contributed by atoms with Crippen LogP contribution in [0.2, 0.25) is 0 Å². The molecule has 0 aromatic heterocycles. The molecule has 8 heteroatoms. The fourth-order valence-corrected chi connectivity index (χ4v) is 1.72. The molecule has 22 heavy (non-hydrogen) atoms. The van der Waals surface area contributed by atoms with Gasteiger partial charge in [-0.25, -0.2) is 0 Å². The minimum Gasteiger partial charge on any atom is -0.493 e. The van der Waals surface area contributed by atoms with Crippen molar-refractivity contribution < 1.29 is 19.1 Å². The molecule has 0 saturated carbocycles. The molecule has 0 aliphatic rings. The molecular weight excluding hydrogens is 288 g/mol. The Kier molecular flexibility index (Phi) is 5.94. The molecule has 0 radical (unpaired) electrons. The van der Waals surface area contributed by atoms with Crippen molar-refractivity contribution in [3.63, 3.8) is 0 Å². The molecule has 1 aromatic carbocycles. The van der Waals surface area contributed by atoms with Gasteiger partial charge in [0.1, 0.15) is 0 Å². The maximum absolute atomic E-state index is 11.9. The standard InChI is InChI=1S/C14H18N4O4/c1-21-11-4-9(14(17)20)10(5-12(11)22-2)18-13(19)3-8(6-15)7-16/h4-7,15H,3,16H2,1-2H3,(H2,17,20)(H,18,19)/b8-7-,15-6?. The van der Waals surface area contributed by atoms with Crippen LogP contribution in [-0.2, 0) is 4.79 Å². The Labute approximate surface area is 127 Å². The number of ether oxygens (including phenoxy) is 2. The summed E-state index contributed by atoms with van der Waals surface area (Å²) in [4.78, 5) is 23.4. The van der Waals surface area contributed by atoms with Crippen LogP contribution in [-0.4, -0.2) is 32.2 Å². The number of benzene rings is 1. The Bertz CT molecular complexity index is 626. The van der Waals surface area contributed by atoms with Crippen molar-refractivity contribution in [1.82, 2.24) is 0 Å². The number of carbonyl (C=O) groups is 2. The molecular formula is C14H18N4O4. The molecule has 6 N–H and O–H groups in total. The van der Waals surface area contributed by atoms with Gasteiger partial charge in [0, 0.05) is 12.3 Å². The lowest BCUT2D eigenvalue weighted by molar-refractivity contribution is -0.115. The van der Waals surface area contributed by atoms with Crippen LogP contribution >= 0.6 is 0 Å². The summed E-state index contributed by atoms with van der Waals surface area (Å²) >= 11 is 0. The van der Waals surface area contributed by atoms with Gasteiger partial charge in [-0.15, -0.1) is 0 Å². The predicted molar refractivity (Wildman–Crippen MR) is 82.4 cm³/mol. The third kappa shape index (κ3) is 3.98. The van der Waals surface area contributed by atoms with E-state index in [1.807, 2.05) is 0 Å². The highest BCUT2D eigenvalue weighted by atomic mass is 16.5. The molecule has 0 fully saturated rings. The van der Waals surface area contributed by atoms with E-state index < -0.39 is 11.8 Å². The first kappa shape index (κ1) is 17.0. The number of carbonyl (C=O) groups excluding carboxylic acids is 2. The molecule has 0 atom stereocenters. The number of anilines is 1. The fraction of sp³-hybridized carbons (Fsp3) is 0.214. The molecule has 118 valence electrons. The second kappa shape index (κ2) is 7.67. The van der Waals surface area contributed by atoms with Crippen LogP contribution in [0.1, 0.15) is 16.8 Å². The normalized spacial score (nSPS) is 10.7. The Hall–Kier alpha value is -3.03. The highest BCUT2D eigenvalue weighted by molar-refractivity contribution is 6.05. The van der Waals surface area contributed by atoms with Crippen molar-refractivity contribution in [3.05, 3.63) is 29.5 Å². The molecule has 0 spiro atoms. The molecule has 0 aliphatic heterocycles. The van der Waals surface area contributed by atoms with E-state index in [1.54, 1.807) is 0 Å². The van der Waals surface area contributed by atoms with Crippen molar-refractivity contribution in [2.24, 2.45) is 11.5 Å². The van der Waals surface area contributed by atoms with Gasteiger partial charge < -0.3 is 31.7 Å². The lowest BCUT2D eigenvalue weighted by Gasteiger charge is -2.14. The number of primary amides is 1. The highest BCUT2D eigenvalue weighted by Crippen LogP contribution is 2.33. The van der Waals surface area contributed by atoms with E-state index in [1.165, 1.54) is 26.4 Å². The highest BCUT2D eigenvalue weighted by Gasteiger charge is 2.17. The smallest absolute Gasteiger partial charge is 0.250 e. The zero-order valence-corrected chi connectivity index (χ0v) is 12.3. The van der Waals surface area contributed by atoms with E-state index >= 15 is 0 Å². The third-order valence-electron chi connectivity index (χ3n) is 2.83. The van der Waals surface area contributed by atoms with Crippen LogP contribution in [0.5, 0.6) is 11.5 Å². The molecule has 1 rings (SSSR count). The molecule has 0 bridgehead atoms. The molecule has 1 aromatic rings. The maximum Gasteiger partial charge on any atom is 0.250 e. The summed E-state index contributed by atoms with van der Waals surface area (Å²) in [6.07, 6.45) is 2.03. The van der Waals surface area contributed by atoms with E-state index in [2.05, 4.69) is 5.32 Å². The number of methoxy groups -OCH3 is 2. The molecule has 0 heterocycles. The minimum atomic E-state index is -0.724. The van der Waals surface area contributed by atoms with Crippen LogP contribution in [0, 0.1) is 5.41 Å². The van der Waals surface area contributed by atoms with Crippen LogP contribution in [0.3, 0.4) is 0 Å². The van der Waals surface area contributed by atoms with Gasteiger partial charge in [-0.05, 0) is 17.8 Å². The van der Waals surface area contributed by atoms with E-state index in [-0.39, 0.29) is 17.7 Å². The number of nitrogens with one attached hydrogen (secondary N) is 2. The van der Waals surface area contributed by atoms with Gasteiger partial charge >= 0.3 is 0 Å². The number of nitrogens with two attached hydrogens (primary N) is 2. The average molecular weight is 306 g/mol. The van der Waals surface area contributed by atoms with Crippen LogP contribution in [0.15, 0.2) is 23.9 Å². The summed E-state index contributed by atoms with van der Waals surface area (Å²) in [5, 5.41) is 9.64. The predicted octanol–water partition coefficient (Wildman–Crippen LogP) is 0.623. The van der Waals surface area contributed by atoms with Crippen molar-refractivity contribution in [1.29, 1.82) is 5.41 Å². The molecule has 0 aliphatic carbocycles. The van der Waals surface area contributed by atoms with Crippen LogP contribution < -0.4 is 26.3 Å². The molecule has 8 nitrogen and oxygen atoms in total. The summed E-state index contributed by atoms with van der Waals surface area (Å²) in [7, 11) is 2.85. The van der Waals surface area contributed by atoms with Crippen LogP contribution in [0.4, 0.5) is 5.69 Å². The summed E-state index contributed by atoms with van der Waals surface area (Å²) < 4.78 is 10.2. The Morgan fingerprint density at radius 2 is 1.86 bits per heavy atom. The van der Waals surface area contributed by atoms with Gasteiger partial charge in [0.05, 0.1) is 31.9 Å². The van der Waals surface area contributed by atoms with Crippen molar-refractivity contribution in [3.8, 4) is 11.5 Å². The summed E-state index contributed by atoms with van der Waals surface area (Å²) in [5.74, 6) is -0.520. The zero-order valence-electron chi connectivity index (χ0n) is 12.3. The Morgan fingerprint density at radius 3 is 2.32 bits per heavy atom. The first-order valence-corrected chi connectivity index (χ1v) is 6.23. The fourth-order valence-electron chi connectivity index (χ4n) is 1.72. The quantitative estimate of drug-likeness (QED) is 0.547. The second-order valence-electron chi connectivity index (χ2n) is 4.23. The topological polar surface area (TPSA) is 141 Å². The number of amides is 2. The van der Waals surface area contributed by atoms with Gasteiger partial charge in [-0.3, -0.25) is 9.59 Å². The van der Waals surface area contributed by atoms with E-state index in [0.717, 1.165) is 12.4 Å². The van der Waals surface area contributed by atoms with E-state index in [0.29, 0.717) is 17.1 Å². The molecule has 0 unspecified atom stereocenters. The summed E-state index contributed by atoms with van der Waals surface area (Å²) in [5.41, 5.74) is 11.2. The van der Waals surface area contributed by atoms with Gasteiger partial charge in [0.2, 0.25) is 5.91 Å². The van der Waals surface area contributed by atoms with Gasteiger partial charge in [0.25, 0.3) is 5.91 Å². The van der Waals surface area contributed by atoms with Crippen molar-refractivity contribution in [2.45, 2.75) is 6.42 Å². The van der Waals surface area contributed by atoms with Crippen molar-refractivity contribution in [2.75, 3.05) is 19.5 Å². The van der Waals surface area contributed by atoms with E-state index in [4.69, 9.17) is 26.4 Å². The number of hydrogen-bond acceptors (Lipinski definition) is 6. The van der Waals surface area contributed by atoms with E-state index in [9.17, 15) is 9.59 Å². The molecule has 2 amide bonds. The lowest BCUT2D eigenvalue weighted by Crippen LogP contribution is -2.19. The van der Waals surface area contributed by atoms with Gasteiger partial charge in [-0.1, -0.05) is 0 Å². The lowest BCUT2D eigenvalue weighted by atomic mass is 10.1. The first-order valence-electron chi connectivity index (χ1n) is 6.23. The number of rotatable bonds is 7. The Morgan fingerprint density at radius 1 is 1.27 bits per heavy atom. The van der Waals surface area contributed by atoms with Gasteiger partial charge in [-0.2, -0.15) is 0 Å². The largest absolute Gasteiger partial charge is 0.493 e. The van der Waals surface area contributed by atoms with Crippen LogP contribution in [0.25, 0.3) is 0 Å². The zero-order chi connectivity index (χ0) is 16.7. The summed E-state index contributed by atoms with van der Waals surface area (Å²) in [6.45, 7) is 0. The molecule has 0 saturated heterocycles. The minimum absolute atomic E-state index is 0.0825. The monoisotopic (exact) mass is 306 g/mol. The first-order chi connectivity index (χ1) is 10.5.